The van der Waals surface area contributed by atoms with Crippen molar-refractivity contribution in [3.63, 3.8) is 0 Å². The summed E-state index contributed by atoms with van der Waals surface area (Å²) in [5.74, 6) is -0.463. The third kappa shape index (κ3) is 2.32. The van der Waals surface area contributed by atoms with Crippen molar-refractivity contribution in [3.8, 4) is 0 Å². The number of fused-ring (bicyclic) bond motifs is 1. The van der Waals surface area contributed by atoms with Gasteiger partial charge in [-0.15, -0.1) is 17.2 Å². The summed E-state index contributed by atoms with van der Waals surface area (Å²) >= 11 is 0. The smallest absolute Gasteiger partial charge is 0.255 e. The molecular formula is C14H15O3Rf-. The van der Waals surface area contributed by atoms with Crippen molar-refractivity contribution in [3.05, 3.63) is 41.3 Å². The summed E-state index contributed by atoms with van der Waals surface area (Å²) in [7, 11) is 0. The summed E-state index contributed by atoms with van der Waals surface area (Å²) in [5, 5.41) is 0. The van der Waals surface area contributed by atoms with Gasteiger partial charge in [0, 0.05) is 5.78 Å². The van der Waals surface area contributed by atoms with Gasteiger partial charge in [-0.05, 0) is 20.8 Å². The van der Waals surface area contributed by atoms with Gasteiger partial charge < -0.3 is 9.53 Å². The molecule has 3 nitrogen and oxygen atoms in total. The van der Waals surface area contributed by atoms with E-state index in [9.17, 15) is 9.59 Å². The van der Waals surface area contributed by atoms with E-state index < -0.39 is 11.6 Å². The molecule has 92 valence electrons. The van der Waals surface area contributed by atoms with E-state index in [4.69, 9.17) is 4.74 Å². The van der Waals surface area contributed by atoms with Gasteiger partial charge in [-0.3, -0.25) is 4.79 Å². The van der Waals surface area contributed by atoms with Gasteiger partial charge in [-0.1, -0.05) is 30.5 Å². The fourth-order valence-electron chi connectivity index (χ4n) is 1.83. The van der Waals surface area contributed by atoms with Crippen molar-refractivity contribution in [2.24, 2.45) is 0 Å². The molecule has 0 saturated heterocycles. The van der Waals surface area contributed by atoms with Crippen LogP contribution in [0.2, 0.25) is 0 Å². The van der Waals surface area contributed by atoms with Gasteiger partial charge in [0.1, 0.15) is 5.60 Å². The Morgan fingerprint density at radius 1 is 1.28 bits per heavy atom. The average Bonchev–Trinajstić information content (AvgIpc) is 2.55. The van der Waals surface area contributed by atoms with Crippen LogP contribution >= 0.6 is 0 Å². The van der Waals surface area contributed by atoms with Crippen molar-refractivity contribution in [2.45, 2.75) is 32.8 Å². The SMILES string of the molecule is CC(C)(C)OC(=O)[C-]1Cc2ccccc2C1=O.[Rf]. The van der Waals surface area contributed by atoms with E-state index in [1.807, 2.05) is 12.1 Å². The van der Waals surface area contributed by atoms with Crippen LogP contribution < -0.4 is 0 Å². The largest absolute Gasteiger partial charge is 0.470 e. The van der Waals surface area contributed by atoms with Gasteiger partial charge >= 0.3 is 0 Å². The van der Waals surface area contributed by atoms with E-state index in [0.717, 1.165) is 5.56 Å². The van der Waals surface area contributed by atoms with Gasteiger partial charge in [-0.2, -0.15) is 0 Å². The molecule has 18 heavy (non-hydrogen) atoms. The minimum atomic E-state index is -0.570. The van der Waals surface area contributed by atoms with E-state index in [1.165, 1.54) is 0 Å². The molecule has 0 spiro atoms. The number of carbonyl (C=O) groups is 2. The predicted octanol–water partition coefficient (Wildman–Crippen LogP) is 2.34. The Balaban J connectivity index is 0.00000162. The molecule has 0 unspecified atom stereocenters. The molecule has 2 rings (SSSR count). The Kier molecular flexibility index (Phi) is 3.13. The molecule has 1 aromatic carbocycles. The third-order valence-corrected chi connectivity index (χ3v) is 2.55. The van der Waals surface area contributed by atoms with Crippen LogP contribution in [0.5, 0.6) is 0 Å². The van der Waals surface area contributed by atoms with Crippen molar-refractivity contribution < 1.29 is 14.3 Å². The number of esters is 1. The number of ether oxygens (including phenoxy) is 1. The summed E-state index contributed by atoms with van der Waals surface area (Å²) in [4.78, 5) is 23.8. The molecule has 0 amide bonds. The Hall–Kier alpha value is -2.77. The summed E-state index contributed by atoms with van der Waals surface area (Å²) in [6.07, 6.45) is 0.379. The van der Waals surface area contributed by atoms with E-state index in [2.05, 4.69) is 0 Å². The molecule has 0 radical (unpaired) electrons. The first-order valence-electron chi connectivity index (χ1n) is 5.60. The quantitative estimate of drug-likeness (QED) is 0.442. The zero-order valence-corrected chi connectivity index (χ0v) is 17.3. The van der Waals surface area contributed by atoms with Gasteiger partial charge in [0.2, 0.25) is 0 Å². The molecular weight excluding hydrogens is 483 g/mol. The molecule has 0 saturated carbocycles. The number of benzene rings is 1. The Morgan fingerprint density at radius 3 is 2.44 bits per heavy atom. The first kappa shape index (κ1) is 13.3. The van der Waals surface area contributed by atoms with E-state index in [0.29, 0.717) is 12.0 Å². The van der Waals surface area contributed by atoms with Gasteiger partial charge in [0.25, 0.3) is 5.97 Å². The number of hydrogen-bond acceptors (Lipinski definition) is 3. The molecule has 1 aromatic rings. The summed E-state index contributed by atoms with van der Waals surface area (Å²) in [6, 6.07) is 7.28. The number of rotatable bonds is 1. The molecule has 0 bridgehead atoms. The fraction of sp³-hybridized carbons (Fsp3) is 0.357. The van der Waals surface area contributed by atoms with Crippen molar-refractivity contribution in [1.29, 1.82) is 0 Å². The van der Waals surface area contributed by atoms with Crippen LogP contribution in [0.1, 0.15) is 36.7 Å². The Morgan fingerprint density at radius 2 is 1.89 bits per heavy atom. The summed E-state index contributed by atoms with van der Waals surface area (Å²) in [6.45, 7) is 5.37. The van der Waals surface area contributed by atoms with E-state index in [-0.39, 0.29) is 11.7 Å². The first-order chi connectivity index (χ1) is 7.88. The molecule has 1 aliphatic carbocycles. The standard InChI is InChI=1S/C14H15O3.Rf/c1-14(2,3)17-13(16)11-8-9-6-4-5-7-10(9)12(11)15;/h4-7H,8H2,1-3H3;/q-1;. The fourth-order valence-corrected chi connectivity index (χ4v) is 1.83. The minimum absolute atomic E-state index is 0. The second-order valence-electron chi connectivity index (χ2n) is 5.14. The molecule has 0 aromatic heterocycles. The second kappa shape index (κ2) is 4.24. The van der Waals surface area contributed by atoms with Crippen LogP contribution in [0.25, 0.3) is 0 Å². The first-order valence-corrected chi connectivity index (χ1v) is 5.60. The van der Waals surface area contributed by atoms with Crippen LogP contribution in [-0.4, -0.2) is 17.4 Å². The predicted molar refractivity (Wildman–Crippen MR) is 63.6 cm³/mol. The molecule has 0 aliphatic heterocycles. The average molecular weight is 498 g/mol. The van der Waals surface area contributed by atoms with Crippen LogP contribution in [0.4, 0.5) is 0 Å². The van der Waals surface area contributed by atoms with Crippen LogP contribution in [-0.2, 0) is 16.0 Å². The zero-order valence-electron chi connectivity index (χ0n) is 10.9. The summed E-state index contributed by atoms with van der Waals surface area (Å²) in [5.41, 5.74) is 0.950. The molecule has 4 heteroatoms. The van der Waals surface area contributed by atoms with Gasteiger partial charge in [0.15, 0.2) is 0 Å². The molecule has 0 heterocycles. The van der Waals surface area contributed by atoms with Crippen molar-refractivity contribution >= 4 is 11.8 Å². The molecule has 1 aliphatic rings. The van der Waals surface area contributed by atoms with Crippen molar-refractivity contribution in [2.75, 3.05) is 0 Å². The van der Waals surface area contributed by atoms with E-state index in [1.54, 1.807) is 32.9 Å². The number of Topliss-reactive ketones (excluding diaryl/α,β-unsaturated/α-hetero) is 1. The molecule has 0 fully saturated rings. The molecule has 0 atom stereocenters. The maximum Gasteiger partial charge on any atom is 0.255 e. The normalized spacial score (nSPS) is 13.9. The number of ketones is 1. The maximum absolute atomic E-state index is 12.0. The van der Waals surface area contributed by atoms with Crippen LogP contribution in [0.15, 0.2) is 24.3 Å². The monoisotopic (exact) mass is 498 g/mol. The Labute approximate surface area is 101 Å². The van der Waals surface area contributed by atoms with Crippen LogP contribution in [0, 0.1) is 5.92 Å². The Bertz CT molecular complexity index is 474. The second-order valence-corrected chi connectivity index (χ2v) is 5.14. The topological polar surface area (TPSA) is 43.4 Å². The summed E-state index contributed by atoms with van der Waals surface area (Å²) < 4.78 is 5.23. The van der Waals surface area contributed by atoms with Gasteiger partial charge in [0.05, 0.1) is 0 Å². The third-order valence-electron chi connectivity index (χ3n) is 2.55. The zero-order chi connectivity index (χ0) is 12.6. The van der Waals surface area contributed by atoms with Crippen molar-refractivity contribution in [1.82, 2.24) is 0 Å². The van der Waals surface area contributed by atoms with Gasteiger partial charge in [-0.25, -0.2) is 0 Å². The van der Waals surface area contributed by atoms with E-state index >= 15 is 0 Å². The molecule has 0 N–H and O–H groups in total. The number of hydrogen-bond donors (Lipinski definition) is 0. The number of carbonyl (C=O) groups excluding carboxylic acids is 2. The minimum Gasteiger partial charge on any atom is -0.470 e. The maximum atomic E-state index is 12.0. The van der Waals surface area contributed by atoms with Crippen LogP contribution in [0.3, 0.4) is 0 Å².